The van der Waals surface area contributed by atoms with Gasteiger partial charge in [-0.2, -0.15) is 5.10 Å². The van der Waals surface area contributed by atoms with Crippen molar-refractivity contribution in [3.63, 3.8) is 0 Å². The Morgan fingerprint density at radius 3 is 2.26 bits per heavy atom. The SMILES string of the molecule is CCCn1nc(-c2ccc(F)cc2)c(-c2ccncc2)c1N(C(C)=O)c1ccccc1. The predicted octanol–water partition coefficient (Wildman–Crippen LogP) is 5.85. The van der Waals surface area contributed by atoms with Crippen LogP contribution in [0.15, 0.2) is 79.1 Å². The molecule has 0 atom stereocenters. The molecule has 2 heterocycles. The van der Waals surface area contributed by atoms with Crippen LogP contribution < -0.4 is 4.90 Å². The summed E-state index contributed by atoms with van der Waals surface area (Å²) in [6.07, 6.45) is 4.27. The van der Waals surface area contributed by atoms with Gasteiger partial charge in [0, 0.05) is 31.4 Å². The lowest BCUT2D eigenvalue weighted by Crippen LogP contribution is -2.26. The van der Waals surface area contributed by atoms with Crippen molar-refractivity contribution in [2.45, 2.75) is 26.8 Å². The molecule has 0 saturated heterocycles. The fourth-order valence-corrected chi connectivity index (χ4v) is 3.67. The average molecular weight is 414 g/mol. The first-order chi connectivity index (χ1) is 15.1. The van der Waals surface area contributed by atoms with Gasteiger partial charge in [0.15, 0.2) is 0 Å². The van der Waals surface area contributed by atoms with E-state index in [1.165, 1.54) is 12.1 Å². The topological polar surface area (TPSA) is 51.0 Å². The van der Waals surface area contributed by atoms with E-state index >= 15 is 0 Å². The van der Waals surface area contributed by atoms with Crippen molar-refractivity contribution in [1.29, 1.82) is 0 Å². The third-order valence-electron chi connectivity index (χ3n) is 4.99. The summed E-state index contributed by atoms with van der Waals surface area (Å²) < 4.78 is 15.5. The van der Waals surface area contributed by atoms with Gasteiger partial charge in [0.2, 0.25) is 5.91 Å². The van der Waals surface area contributed by atoms with Crippen LogP contribution in [0.4, 0.5) is 15.9 Å². The van der Waals surface area contributed by atoms with Gasteiger partial charge in [0.25, 0.3) is 0 Å². The van der Waals surface area contributed by atoms with Crippen LogP contribution in [0.25, 0.3) is 22.4 Å². The molecular weight excluding hydrogens is 391 g/mol. The average Bonchev–Trinajstić information content (AvgIpc) is 3.14. The highest BCUT2D eigenvalue weighted by Gasteiger charge is 2.28. The summed E-state index contributed by atoms with van der Waals surface area (Å²) in [6.45, 7) is 4.24. The van der Waals surface area contributed by atoms with Crippen LogP contribution in [0.2, 0.25) is 0 Å². The van der Waals surface area contributed by atoms with Crippen LogP contribution in [0, 0.1) is 5.82 Å². The Morgan fingerprint density at radius 2 is 1.65 bits per heavy atom. The van der Waals surface area contributed by atoms with Crippen molar-refractivity contribution in [2.75, 3.05) is 4.90 Å². The lowest BCUT2D eigenvalue weighted by molar-refractivity contribution is -0.115. The number of pyridine rings is 1. The Kier molecular flexibility index (Phi) is 5.89. The number of carbonyl (C=O) groups is 1. The molecule has 6 heteroatoms. The van der Waals surface area contributed by atoms with Crippen LogP contribution in [0.1, 0.15) is 20.3 Å². The van der Waals surface area contributed by atoms with Crippen molar-refractivity contribution in [2.24, 2.45) is 0 Å². The number of amides is 1. The minimum Gasteiger partial charge on any atom is -0.274 e. The second-order valence-electron chi connectivity index (χ2n) is 7.20. The van der Waals surface area contributed by atoms with Gasteiger partial charge in [-0.15, -0.1) is 0 Å². The molecule has 31 heavy (non-hydrogen) atoms. The molecule has 0 bridgehead atoms. The second kappa shape index (κ2) is 8.92. The number of anilines is 2. The number of rotatable bonds is 6. The van der Waals surface area contributed by atoms with E-state index in [0.29, 0.717) is 18.1 Å². The number of halogens is 1. The minimum atomic E-state index is -0.308. The largest absolute Gasteiger partial charge is 0.274 e. The highest BCUT2D eigenvalue weighted by atomic mass is 19.1. The van der Waals surface area contributed by atoms with Crippen molar-refractivity contribution in [3.05, 3.63) is 84.9 Å². The molecule has 2 aromatic carbocycles. The van der Waals surface area contributed by atoms with E-state index in [4.69, 9.17) is 5.10 Å². The van der Waals surface area contributed by atoms with Crippen molar-refractivity contribution in [3.8, 4) is 22.4 Å². The minimum absolute atomic E-state index is 0.121. The smallest absolute Gasteiger partial charge is 0.229 e. The quantitative estimate of drug-likeness (QED) is 0.398. The summed E-state index contributed by atoms with van der Waals surface area (Å²) in [5.41, 5.74) is 3.92. The fourth-order valence-electron chi connectivity index (χ4n) is 3.67. The van der Waals surface area contributed by atoms with Gasteiger partial charge in [-0.05, 0) is 60.5 Å². The predicted molar refractivity (Wildman–Crippen MR) is 120 cm³/mol. The van der Waals surface area contributed by atoms with Crippen LogP contribution in [-0.4, -0.2) is 20.7 Å². The number of carbonyl (C=O) groups excluding carboxylic acids is 1. The van der Waals surface area contributed by atoms with Crippen LogP contribution in [0.5, 0.6) is 0 Å². The van der Waals surface area contributed by atoms with E-state index in [0.717, 1.165) is 28.8 Å². The van der Waals surface area contributed by atoms with Gasteiger partial charge in [-0.1, -0.05) is 25.1 Å². The van der Waals surface area contributed by atoms with Gasteiger partial charge in [0.1, 0.15) is 17.3 Å². The number of hydrogen-bond acceptors (Lipinski definition) is 3. The number of nitrogens with zero attached hydrogens (tertiary/aromatic N) is 4. The molecule has 0 saturated carbocycles. The van der Waals surface area contributed by atoms with Crippen LogP contribution in [-0.2, 0) is 11.3 Å². The first kappa shape index (κ1) is 20.5. The lowest BCUT2D eigenvalue weighted by Gasteiger charge is -2.24. The normalized spacial score (nSPS) is 10.8. The zero-order valence-corrected chi connectivity index (χ0v) is 17.5. The summed E-state index contributed by atoms with van der Waals surface area (Å²) in [4.78, 5) is 18.7. The zero-order chi connectivity index (χ0) is 21.8. The van der Waals surface area contributed by atoms with Crippen molar-refractivity contribution < 1.29 is 9.18 Å². The Labute approximate surface area is 180 Å². The van der Waals surface area contributed by atoms with Gasteiger partial charge in [-0.3, -0.25) is 14.7 Å². The Morgan fingerprint density at radius 1 is 0.968 bits per heavy atom. The number of benzene rings is 2. The van der Waals surface area contributed by atoms with Crippen LogP contribution in [0.3, 0.4) is 0 Å². The summed E-state index contributed by atoms with van der Waals surface area (Å²) in [6, 6.07) is 19.6. The second-order valence-corrected chi connectivity index (χ2v) is 7.20. The molecule has 156 valence electrons. The number of hydrogen-bond donors (Lipinski definition) is 0. The summed E-state index contributed by atoms with van der Waals surface area (Å²) in [7, 11) is 0. The molecule has 0 N–H and O–H groups in total. The highest BCUT2D eigenvalue weighted by Crippen LogP contribution is 2.42. The molecule has 0 fully saturated rings. The third kappa shape index (κ3) is 4.10. The van der Waals surface area contributed by atoms with E-state index in [1.54, 1.807) is 36.4 Å². The Hall–Kier alpha value is -3.80. The maximum absolute atomic E-state index is 13.6. The lowest BCUT2D eigenvalue weighted by atomic mass is 10.0. The first-order valence-corrected chi connectivity index (χ1v) is 10.2. The molecule has 4 rings (SSSR count). The maximum Gasteiger partial charge on any atom is 0.229 e. The third-order valence-corrected chi connectivity index (χ3v) is 4.99. The molecule has 0 aliphatic rings. The number of aromatic nitrogens is 3. The molecule has 5 nitrogen and oxygen atoms in total. The molecule has 0 unspecified atom stereocenters. The maximum atomic E-state index is 13.6. The van der Waals surface area contributed by atoms with Crippen molar-refractivity contribution in [1.82, 2.24) is 14.8 Å². The van der Waals surface area contributed by atoms with Gasteiger partial charge >= 0.3 is 0 Å². The highest BCUT2D eigenvalue weighted by molar-refractivity contribution is 6.04. The molecule has 0 aliphatic heterocycles. The monoisotopic (exact) mass is 414 g/mol. The molecule has 0 radical (unpaired) electrons. The summed E-state index contributed by atoms with van der Waals surface area (Å²) in [5.74, 6) is 0.257. The Balaban J connectivity index is 2.05. The van der Waals surface area contributed by atoms with E-state index in [9.17, 15) is 9.18 Å². The van der Waals surface area contributed by atoms with E-state index in [2.05, 4.69) is 11.9 Å². The van der Waals surface area contributed by atoms with Crippen LogP contribution >= 0.6 is 0 Å². The van der Waals surface area contributed by atoms with Gasteiger partial charge in [0.05, 0.1) is 11.3 Å². The fraction of sp³-hybridized carbons (Fsp3) is 0.160. The van der Waals surface area contributed by atoms with E-state index < -0.39 is 0 Å². The number of aryl methyl sites for hydroxylation is 1. The Bertz CT molecular complexity index is 1170. The number of para-hydroxylation sites is 1. The molecule has 4 aromatic rings. The summed E-state index contributed by atoms with van der Waals surface area (Å²) in [5, 5.41) is 4.88. The first-order valence-electron chi connectivity index (χ1n) is 10.2. The molecule has 1 amide bonds. The molecule has 0 spiro atoms. The van der Waals surface area contributed by atoms with Crippen molar-refractivity contribution >= 4 is 17.4 Å². The van der Waals surface area contributed by atoms with Gasteiger partial charge in [-0.25, -0.2) is 9.07 Å². The zero-order valence-electron chi connectivity index (χ0n) is 17.5. The molecular formula is C25H23FN4O. The summed E-state index contributed by atoms with van der Waals surface area (Å²) >= 11 is 0. The molecule has 0 aliphatic carbocycles. The van der Waals surface area contributed by atoms with E-state index in [1.807, 2.05) is 47.1 Å². The molecule has 2 aromatic heterocycles. The van der Waals surface area contributed by atoms with Gasteiger partial charge < -0.3 is 0 Å². The van der Waals surface area contributed by atoms with E-state index in [-0.39, 0.29) is 11.7 Å². The standard InChI is InChI=1S/C25H23FN4O/c1-3-17-29-25(30(18(2)31)22-7-5-4-6-8-22)23(19-13-15-27-16-14-19)24(28-29)20-9-11-21(26)12-10-20/h4-16H,3,17H2,1-2H3.